The van der Waals surface area contributed by atoms with E-state index in [1.54, 1.807) is 67.6 Å². The highest BCUT2D eigenvalue weighted by Gasteiger charge is 2.22. The molecule has 0 fully saturated rings. The van der Waals surface area contributed by atoms with Crippen LogP contribution in [-0.4, -0.2) is 29.8 Å². The lowest BCUT2D eigenvalue weighted by Gasteiger charge is -2.21. The fraction of sp³-hybridized carbons (Fsp3) is 0.160. The molecule has 0 aliphatic carbocycles. The van der Waals surface area contributed by atoms with Crippen molar-refractivity contribution in [1.29, 1.82) is 0 Å². The summed E-state index contributed by atoms with van der Waals surface area (Å²) in [7, 11) is 3.31. The molecule has 4 aromatic rings. The number of para-hydroxylation sites is 1. The lowest BCUT2D eigenvalue weighted by atomic mass is 10.1. The maximum atomic E-state index is 13.6. The summed E-state index contributed by atoms with van der Waals surface area (Å²) in [5.41, 5.74) is 2.38. The second-order valence-corrected chi connectivity index (χ2v) is 7.16. The third-order valence-corrected chi connectivity index (χ3v) is 5.36. The molecule has 0 unspecified atom stereocenters. The molecule has 0 radical (unpaired) electrons. The van der Waals surface area contributed by atoms with Gasteiger partial charge in [-0.15, -0.1) is 0 Å². The van der Waals surface area contributed by atoms with Gasteiger partial charge in [0.05, 0.1) is 18.2 Å². The normalized spacial score (nSPS) is 10.8. The Morgan fingerprint density at radius 3 is 2.29 bits per heavy atom. The molecular formula is C25H23N3O3. The number of benzene rings is 3. The Kier molecular flexibility index (Phi) is 5.54. The van der Waals surface area contributed by atoms with Crippen molar-refractivity contribution in [1.82, 2.24) is 9.78 Å². The predicted molar refractivity (Wildman–Crippen MR) is 122 cm³/mol. The third-order valence-electron chi connectivity index (χ3n) is 5.36. The molecule has 6 heteroatoms. The summed E-state index contributed by atoms with van der Waals surface area (Å²) < 4.78 is 6.47. The lowest BCUT2D eigenvalue weighted by Crippen LogP contribution is -2.32. The Labute approximate surface area is 180 Å². The first-order valence-electron chi connectivity index (χ1n) is 10.1. The van der Waals surface area contributed by atoms with E-state index in [4.69, 9.17) is 4.74 Å². The van der Waals surface area contributed by atoms with Crippen LogP contribution in [-0.2, 0) is 6.42 Å². The van der Waals surface area contributed by atoms with Crippen LogP contribution < -0.4 is 15.2 Å². The zero-order valence-electron chi connectivity index (χ0n) is 17.7. The number of hydrogen-bond acceptors (Lipinski definition) is 4. The predicted octanol–water partition coefficient (Wildman–Crippen LogP) is 4.23. The monoisotopic (exact) mass is 413 g/mol. The standard InChI is InChI=1S/C25H23N3O3/c1-4-17-9-5-8-12-22(17)27(2)25(30)23-20-10-6-7-11-21(20)24(29)28(26-23)18-13-15-19(31-3)16-14-18/h5-16H,4H2,1-3H3. The van der Waals surface area contributed by atoms with E-state index in [0.717, 1.165) is 17.7 Å². The Morgan fingerprint density at radius 1 is 0.968 bits per heavy atom. The molecule has 0 bridgehead atoms. The molecule has 1 aromatic heterocycles. The van der Waals surface area contributed by atoms with Crippen molar-refractivity contribution in [3.05, 3.63) is 94.4 Å². The fourth-order valence-corrected chi connectivity index (χ4v) is 3.65. The van der Waals surface area contributed by atoms with Crippen molar-refractivity contribution >= 4 is 22.4 Å². The summed E-state index contributed by atoms with van der Waals surface area (Å²) in [6.45, 7) is 2.05. The Morgan fingerprint density at radius 2 is 1.61 bits per heavy atom. The van der Waals surface area contributed by atoms with Gasteiger partial charge >= 0.3 is 0 Å². The molecular weight excluding hydrogens is 390 g/mol. The van der Waals surface area contributed by atoms with Crippen LogP contribution in [0.5, 0.6) is 5.75 Å². The van der Waals surface area contributed by atoms with Crippen LogP contribution in [0.1, 0.15) is 23.0 Å². The average molecular weight is 413 g/mol. The molecule has 1 heterocycles. The molecule has 31 heavy (non-hydrogen) atoms. The summed E-state index contributed by atoms with van der Waals surface area (Å²) >= 11 is 0. The molecule has 0 saturated carbocycles. The molecule has 0 spiro atoms. The second kappa shape index (κ2) is 8.44. The number of ether oxygens (including phenoxy) is 1. The molecule has 0 atom stereocenters. The van der Waals surface area contributed by atoms with Gasteiger partial charge in [0, 0.05) is 18.1 Å². The highest BCUT2D eigenvalue weighted by molar-refractivity contribution is 6.12. The van der Waals surface area contributed by atoms with Gasteiger partial charge in [-0.25, -0.2) is 0 Å². The van der Waals surface area contributed by atoms with Crippen LogP contribution in [0.3, 0.4) is 0 Å². The number of hydrogen-bond donors (Lipinski definition) is 0. The van der Waals surface area contributed by atoms with Gasteiger partial charge in [0.25, 0.3) is 11.5 Å². The van der Waals surface area contributed by atoms with Gasteiger partial charge in [-0.3, -0.25) is 9.59 Å². The minimum absolute atomic E-state index is 0.222. The van der Waals surface area contributed by atoms with E-state index in [1.807, 2.05) is 24.3 Å². The number of amides is 1. The first-order chi connectivity index (χ1) is 15.0. The van der Waals surface area contributed by atoms with Gasteiger partial charge < -0.3 is 9.64 Å². The molecule has 0 aliphatic rings. The smallest absolute Gasteiger partial charge is 0.279 e. The van der Waals surface area contributed by atoms with Gasteiger partial charge in [-0.2, -0.15) is 9.78 Å². The van der Waals surface area contributed by atoms with Crippen LogP contribution in [0.2, 0.25) is 0 Å². The molecule has 156 valence electrons. The minimum Gasteiger partial charge on any atom is -0.497 e. The SMILES string of the molecule is CCc1ccccc1N(C)C(=O)c1nn(-c2ccc(OC)cc2)c(=O)c2ccccc12. The minimum atomic E-state index is -0.283. The van der Waals surface area contributed by atoms with Crippen molar-refractivity contribution in [3.63, 3.8) is 0 Å². The van der Waals surface area contributed by atoms with Crippen LogP contribution in [0.4, 0.5) is 5.69 Å². The molecule has 4 rings (SSSR count). The summed E-state index contributed by atoms with van der Waals surface area (Å²) in [5.74, 6) is 0.393. The highest BCUT2D eigenvalue weighted by atomic mass is 16.5. The van der Waals surface area contributed by atoms with Gasteiger partial charge in [0.1, 0.15) is 5.75 Å². The molecule has 0 aliphatic heterocycles. The zero-order valence-corrected chi connectivity index (χ0v) is 17.7. The van der Waals surface area contributed by atoms with E-state index in [1.165, 1.54) is 4.68 Å². The summed E-state index contributed by atoms with van der Waals surface area (Å²) in [6.07, 6.45) is 0.799. The van der Waals surface area contributed by atoms with Crippen molar-refractivity contribution in [2.75, 3.05) is 19.1 Å². The van der Waals surface area contributed by atoms with Crippen LogP contribution >= 0.6 is 0 Å². The zero-order chi connectivity index (χ0) is 22.0. The topological polar surface area (TPSA) is 64.4 Å². The summed E-state index contributed by atoms with van der Waals surface area (Å²) in [4.78, 5) is 28.3. The first kappa shape index (κ1) is 20.3. The van der Waals surface area contributed by atoms with Crippen LogP contribution in [0.25, 0.3) is 16.5 Å². The van der Waals surface area contributed by atoms with E-state index in [0.29, 0.717) is 22.2 Å². The van der Waals surface area contributed by atoms with Crippen molar-refractivity contribution < 1.29 is 9.53 Å². The van der Waals surface area contributed by atoms with Crippen LogP contribution in [0.15, 0.2) is 77.6 Å². The van der Waals surface area contributed by atoms with Crippen molar-refractivity contribution in [2.24, 2.45) is 0 Å². The lowest BCUT2D eigenvalue weighted by molar-refractivity contribution is 0.0988. The molecule has 3 aromatic carbocycles. The molecule has 0 N–H and O–H groups in total. The molecule has 0 saturated heterocycles. The maximum Gasteiger partial charge on any atom is 0.279 e. The van der Waals surface area contributed by atoms with E-state index < -0.39 is 0 Å². The fourth-order valence-electron chi connectivity index (χ4n) is 3.65. The number of nitrogens with zero attached hydrogens (tertiary/aromatic N) is 3. The van der Waals surface area contributed by atoms with Crippen molar-refractivity contribution in [2.45, 2.75) is 13.3 Å². The van der Waals surface area contributed by atoms with Gasteiger partial charge in [0.2, 0.25) is 0 Å². The molecule has 1 amide bonds. The van der Waals surface area contributed by atoms with E-state index in [2.05, 4.69) is 12.0 Å². The first-order valence-corrected chi connectivity index (χ1v) is 10.1. The van der Waals surface area contributed by atoms with E-state index in [9.17, 15) is 9.59 Å². The largest absolute Gasteiger partial charge is 0.497 e. The van der Waals surface area contributed by atoms with Crippen LogP contribution in [0, 0.1) is 0 Å². The number of carbonyl (C=O) groups excluding carboxylic acids is 1. The van der Waals surface area contributed by atoms with Crippen molar-refractivity contribution in [3.8, 4) is 11.4 Å². The highest BCUT2D eigenvalue weighted by Crippen LogP contribution is 2.24. The van der Waals surface area contributed by atoms with E-state index in [-0.39, 0.29) is 17.2 Å². The quantitative estimate of drug-likeness (QED) is 0.491. The molecule has 6 nitrogen and oxygen atoms in total. The second-order valence-electron chi connectivity index (χ2n) is 7.16. The maximum absolute atomic E-state index is 13.6. The number of carbonyl (C=O) groups is 1. The van der Waals surface area contributed by atoms with Gasteiger partial charge in [-0.05, 0) is 48.4 Å². The number of aromatic nitrogens is 2. The number of fused-ring (bicyclic) bond motifs is 1. The number of rotatable bonds is 5. The Hall–Kier alpha value is -3.93. The number of anilines is 1. The van der Waals surface area contributed by atoms with Gasteiger partial charge in [0.15, 0.2) is 5.69 Å². The number of aryl methyl sites for hydroxylation is 1. The Bertz CT molecular complexity index is 1310. The van der Waals surface area contributed by atoms with E-state index >= 15 is 0 Å². The summed E-state index contributed by atoms with van der Waals surface area (Å²) in [6, 6.07) is 21.8. The number of methoxy groups -OCH3 is 1. The summed E-state index contributed by atoms with van der Waals surface area (Å²) in [5, 5.41) is 5.47. The third kappa shape index (κ3) is 3.68. The average Bonchev–Trinajstić information content (AvgIpc) is 2.83. The van der Waals surface area contributed by atoms with Gasteiger partial charge in [-0.1, -0.05) is 43.3 Å². The Balaban J connectivity index is 1.89.